The predicted octanol–water partition coefficient (Wildman–Crippen LogP) is 6.22. The van der Waals surface area contributed by atoms with Crippen molar-refractivity contribution in [3.8, 4) is 0 Å². The van der Waals surface area contributed by atoms with Crippen molar-refractivity contribution in [3.63, 3.8) is 0 Å². The van der Waals surface area contributed by atoms with Gasteiger partial charge in [0.05, 0.1) is 34.3 Å². The Morgan fingerprint density at radius 3 is 2.33 bits per heavy atom. The van der Waals surface area contributed by atoms with Crippen LogP contribution in [0.4, 0.5) is 9.59 Å². The first kappa shape index (κ1) is 38.6. The van der Waals surface area contributed by atoms with Crippen molar-refractivity contribution in [2.24, 2.45) is 5.92 Å². The summed E-state index contributed by atoms with van der Waals surface area (Å²) >= 11 is 2.85. The van der Waals surface area contributed by atoms with Gasteiger partial charge in [-0.1, -0.05) is 86.7 Å². The van der Waals surface area contributed by atoms with Gasteiger partial charge in [-0.25, -0.2) is 18.9 Å². The Morgan fingerprint density at radius 1 is 0.981 bits per heavy atom. The lowest BCUT2D eigenvalue weighted by molar-refractivity contribution is -0.124. The van der Waals surface area contributed by atoms with Gasteiger partial charge in [0.15, 0.2) is 0 Å². The number of carbonyl (C=O) groups is 3. The molecule has 0 aliphatic heterocycles. The summed E-state index contributed by atoms with van der Waals surface area (Å²) in [5, 5.41) is 23.6. The Balaban J connectivity index is 1.25. The van der Waals surface area contributed by atoms with Gasteiger partial charge in [-0.05, 0) is 66.7 Å². The molecule has 1 aliphatic carbocycles. The van der Waals surface area contributed by atoms with Gasteiger partial charge in [-0.15, -0.1) is 11.3 Å². The van der Waals surface area contributed by atoms with E-state index >= 15 is 0 Å². The van der Waals surface area contributed by atoms with Crippen LogP contribution < -0.4 is 16.0 Å². The summed E-state index contributed by atoms with van der Waals surface area (Å²) in [6, 6.07) is 18.6. The summed E-state index contributed by atoms with van der Waals surface area (Å²) in [4.78, 5) is 47.3. The van der Waals surface area contributed by atoms with Crippen molar-refractivity contribution in [3.05, 3.63) is 117 Å². The number of nitrogens with zero attached hydrogens (tertiary/aromatic N) is 3. The molecule has 4 amide bonds. The monoisotopic (exact) mass is 744 g/mol. The molecule has 0 fully saturated rings. The lowest BCUT2D eigenvalue weighted by Crippen LogP contribution is -2.55. The van der Waals surface area contributed by atoms with E-state index in [0.717, 1.165) is 39.5 Å². The topological polar surface area (TPSA) is 146 Å². The van der Waals surface area contributed by atoms with Gasteiger partial charge in [0.2, 0.25) is 5.91 Å². The second kappa shape index (κ2) is 19.3. The summed E-state index contributed by atoms with van der Waals surface area (Å²) < 4.78 is 9.47. The summed E-state index contributed by atoms with van der Waals surface area (Å²) in [5.74, 6) is -0.243. The number of alkyl carbamates (subject to hydrolysis) is 1. The number of aromatic nitrogens is 2. The van der Waals surface area contributed by atoms with Crippen LogP contribution in [-0.4, -0.2) is 68.7 Å². The molecule has 2 heterocycles. The molecule has 0 spiro atoms. The van der Waals surface area contributed by atoms with Crippen LogP contribution in [0.1, 0.15) is 65.7 Å². The molecular formula is C39H48N6O5S2. The Hall–Kier alpha value is -4.59. The Labute approximate surface area is 313 Å². The van der Waals surface area contributed by atoms with Crippen molar-refractivity contribution >= 4 is 40.9 Å². The van der Waals surface area contributed by atoms with Crippen molar-refractivity contribution in [1.29, 1.82) is 0 Å². The molecule has 1 aliphatic rings. The maximum absolute atomic E-state index is 13.9. The number of hydrogen-bond acceptors (Lipinski definition) is 9. The average molecular weight is 745 g/mol. The number of benzene rings is 2. The van der Waals surface area contributed by atoms with Crippen molar-refractivity contribution in [2.75, 3.05) is 7.05 Å². The number of amides is 4. The van der Waals surface area contributed by atoms with Gasteiger partial charge < -0.3 is 30.7 Å². The van der Waals surface area contributed by atoms with E-state index in [4.69, 9.17) is 9.72 Å². The summed E-state index contributed by atoms with van der Waals surface area (Å²) in [6.07, 6.45) is 7.32. The highest BCUT2D eigenvalue weighted by atomic mass is 32.1. The molecule has 1 unspecified atom stereocenters. The zero-order chi connectivity index (χ0) is 36.9. The van der Waals surface area contributed by atoms with Gasteiger partial charge >= 0.3 is 12.1 Å². The minimum absolute atomic E-state index is 0.0672. The Kier molecular flexibility index (Phi) is 14.3. The molecule has 13 heteroatoms. The number of aliphatic hydroxyl groups is 1. The summed E-state index contributed by atoms with van der Waals surface area (Å²) in [7, 11) is 1.69. The van der Waals surface area contributed by atoms with Crippen LogP contribution in [0.15, 0.2) is 90.5 Å². The smallest absolute Gasteiger partial charge is 0.407 e. The number of nitrogens with one attached hydrogen (secondary N) is 3. The molecule has 0 saturated heterocycles. The maximum atomic E-state index is 13.9. The molecule has 0 saturated carbocycles. The molecule has 276 valence electrons. The number of carbonyl (C=O) groups excluding carboxylic acids is 3. The third-order valence-electron chi connectivity index (χ3n) is 8.97. The van der Waals surface area contributed by atoms with E-state index in [0.29, 0.717) is 25.3 Å². The van der Waals surface area contributed by atoms with E-state index in [1.54, 1.807) is 30.6 Å². The van der Waals surface area contributed by atoms with Crippen LogP contribution in [0, 0.1) is 5.92 Å². The Bertz CT molecular complexity index is 1730. The fourth-order valence-electron chi connectivity index (χ4n) is 6.13. The van der Waals surface area contributed by atoms with Crippen LogP contribution in [0.3, 0.4) is 0 Å². The predicted molar refractivity (Wildman–Crippen MR) is 204 cm³/mol. The zero-order valence-electron chi connectivity index (χ0n) is 29.8. The SMILES string of the molecule is CC(C)[C@H](NC(=O)N(C)Cc1csc(C2C=CCC2)n1)C(=O)N[C@@H](Cc1ccccc1)C[C@H](O)[C@H](Cc1ccccc1)NC(=O)OCc1ccns1. The van der Waals surface area contributed by atoms with Crippen LogP contribution in [0.2, 0.25) is 0 Å². The third-order valence-corrected chi connectivity index (χ3v) is 10.7. The van der Waals surface area contributed by atoms with Crippen LogP contribution in [-0.2, 0) is 35.5 Å². The zero-order valence-corrected chi connectivity index (χ0v) is 31.4. The lowest BCUT2D eigenvalue weighted by Gasteiger charge is -2.30. The van der Waals surface area contributed by atoms with E-state index in [2.05, 4.69) is 32.5 Å². The average Bonchev–Trinajstić information content (AvgIpc) is 3.94. The second-order valence-corrected chi connectivity index (χ2v) is 15.3. The van der Waals surface area contributed by atoms with E-state index < -0.39 is 30.3 Å². The van der Waals surface area contributed by atoms with Gasteiger partial charge in [0.25, 0.3) is 0 Å². The Morgan fingerprint density at radius 2 is 1.69 bits per heavy atom. The summed E-state index contributed by atoms with van der Waals surface area (Å²) in [6.45, 7) is 4.14. The van der Waals surface area contributed by atoms with Gasteiger partial charge in [0, 0.05) is 30.6 Å². The van der Waals surface area contributed by atoms with Gasteiger partial charge in [-0.3, -0.25) is 4.79 Å². The maximum Gasteiger partial charge on any atom is 0.407 e. The number of rotatable bonds is 17. The molecular weight excluding hydrogens is 697 g/mol. The molecule has 2 aromatic heterocycles. The first-order valence-corrected chi connectivity index (χ1v) is 19.3. The van der Waals surface area contributed by atoms with Crippen molar-refractivity contribution in [1.82, 2.24) is 30.2 Å². The first-order chi connectivity index (χ1) is 25.1. The molecule has 4 aromatic rings. The standard InChI is InChI=1S/C39H48N6O5S2/c1-26(2)35(44-38(48)45(3)23-31-25-51-37(42-31)29-16-10-11-17-29)36(47)41-30(20-27-12-6-4-7-13-27)22-34(46)33(21-28-14-8-5-9-15-28)43-39(49)50-24-32-18-19-40-52-32/h4-10,12-16,18-19,25-26,29-30,33-35,46H,11,17,20-24H2,1-3H3,(H,41,47)(H,43,49)(H,44,48)/t29?,30-,33-,34-,35-/m0/s1. The fraction of sp³-hybridized carbons (Fsp3) is 0.410. The minimum Gasteiger partial charge on any atom is -0.444 e. The molecule has 4 N–H and O–H groups in total. The highest BCUT2D eigenvalue weighted by Crippen LogP contribution is 2.30. The van der Waals surface area contributed by atoms with E-state index in [1.165, 1.54) is 16.4 Å². The highest BCUT2D eigenvalue weighted by molar-refractivity contribution is 7.09. The van der Waals surface area contributed by atoms with Crippen LogP contribution >= 0.6 is 22.9 Å². The largest absolute Gasteiger partial charge is 0.444 e. The fourth-order valence-corrected chi connectivity index (χ4v) is 7.55. The highest BCUT2D eigenvalue weighted by Gasteiger charge is 2.31. The minimum atomic E-state index is -1.05. The molecule has 5 rings (SSSR count). The molecule has 5 atom stereocenters. The lowest BCUT2D eigenvalue weighted by atomic mass is 9.93. The van der Waals surface area contributed by atoms with E-state index in [1.807, 2.05) is 79.9 Å². The number of hydrogen-bond donors (Lipinski definition) is 4. The molecule has 52 heavy (non-hydrogen) atoms. The first-order valence-electron chi connectivity index (χ1n) is 17.7. The molecule has 0 radical (unpaired) electrons. The van der Waals surface area contributed by atoms with Gasteiger partial charge in [0.1, 0.15) is 12.6 Å². The normalized spacial score (nSPS) is 16.1. The molecule has 2 aromatic carbocycles. The molecule has 0 bridgehead atoms. The summed E-state index contributed by atoms with van der Waals surface area (Å²) in [5.41, 5.74) is 2.71. The van der Waals surface area contributed by atoms with Gasteiger partial charge in [-0.2, -0.15) is 0 Å². The van der Waals surface area contributed by atoms with E-state index in [9.17, 15) is 19.5 Å². The van der Waals surface area contributed by atoms with Crippen molar-refractivity contribution in [2.45, 2.75) is 89.3 Å². The van der Waals surface area contributed by atoms with Crippen LogP contribution in [0.5, 0.6) is 0 Å². The van der Waals surface area contributed by atoms with Crippen LogP contribution in [0.25, 0.3) is 0 Å². The quantitative estimate of drug-likeness (QED) is 0.0941. The second-order valence-electron chi connectivity index (χ2n) is 13.5. The number of allylic oxidation sites excluding steroid dienone is 2. The third kappa shape index (κ3) is 11.7. The molecule has 11 nitrogen and oxygen atoms in total. The number of thiazole rings is 1. The van der Waals surface area contributed by atoms with Crippen molar-refractivity contribution < 1.29 is 24.2 Å². The number of aliphatic hydroxyl groups excluding tert-OH is 1. The number of urea groups is 1. The number of ether oxygens (including phenoxy) is 1. The van der Waals surface area contributed by atoms with E-state index in [-0.39, 0.29) is 30.9 Å².